The molecular formula is C27H29ClO5. The summed E-state index contributed by atoms with van der Waals surface area (Å²) in [6.45, 7) is 5.04. The van der Waals surface area contributed by atoms with Gasteiger partial charge in [-0.05, 0) is 60.4 Å². The molecule has 1 unspecified atom stereocenters. The number of para-hydroxylation sites is 1. The van der Waals surface area contributed by atoms with Crippen molar-refractivity contribution in [3.05, 3.63) is 82.9 Å². The van der Waals surface area contributed by atoms with Crippen LogP contribution in [-0.4, -0.2) is 24.3 Å². The molecule has 0 amide bonds. The van der Waals surface area contributed by atoms with Crippen LogP contribution in [0.2, 0.25) is 5.02 Å². The summed E-state index contributed by atoms with van der Waals surface area (Å²) >= 11 is 6.15. The monoisotopic (exact) mass is 468 g/mol. The number of halogens is 1. The topological polar surface area (TPSA) is 65.0 Å². The molecule has 3 rings (SSSR count). The van der Waals surface area contributed by atoms with Gasteiger partial charge < -0.3 is 19.3 Å². The fraction of sp³-hybridized carbons (Fsp3) is 0.296. The van der Waals surface area contributed by atoms with Crippen molar-refractivity contribution in [2.24, 2.45) is 5.92 Å². The number of ether oxygens (including phenoxy) is 3. The molecule has 0 radical (unpaired) electrons. The molecule has 0 aliphatic carbocycles. The van der Waals surface area contributed by atoms with Crippen molar-refractivity contribution in [1.82, 2.24) is 0 Å². The SMILES string of the molecule is CCc1cc(OCC(C)COc2ccc(Cl)cc2Oc2ccccc2)ccc1CCC(=O)O. The third-order valence-electron chi connectivity index (χ3n) is 5.10. The minimum Gasteiger partial charge on any atom is -0.493 e. The van der Waals surface area contributed by atoms with Gasteiger partial charge in [0.1, 0.15) is 11.5 Å². The zero-order valence-corrected chi connectivity index (χ0v) is 19.7. The first-order valence-corrected chi connectivity index (χ1v) is 11.4. The molecule has 1 N–H and O–H groups in total. The van der Waals surface area contributed by atoms with E-state index in [4.69, 9.17) is 30.9 Å². The smallest absolute Gasteiger partial charge is 0.303 e. The van der Waals surface area contributed by atoms with Gasteiger partial charge in [-0.1, -0.05) is 49.7 Å². The maximum absolute atomic E-state index is 10.9. The highest BCUT2D eigenvalue weighted by Gasteiger charge is 2.12. The van der Waals surface area contributed by atoms with E-state index < -0.39 is 5.97 Å². The van der Waals surface area contributed by atoms with Gasteiger partial charge in [-0.2, -0.15) is 0 Å². The van der Waals surface area contributed by atoms with E-state index in [-0.39, 0.29) is 12.3 Å². The van der Waals surface area contributed by atoms with Crippen molar-refractivity contribution >= 4 is 17.6 Å². The first-order chi connectivity index (χ1) is 15.9. The molecule has 5 nitrogen and oxygen atoms in total. The summed E-state index contributed by atoms with van der Waals surface area (Å²) in [5.41, 5.74) is 2.17. The molecule has 0 heterocycles. The summed E-state index contributed by atoms with van der Waals surface area (Å²) in [5, 5.41) is 9.50. The molecule has 6 heteroatoms. The standard InChI is InChI=1S/C27H29ClO5/c1-3-20-15-24(12-9-21(20)10-14-27(29)30)31-17-19(2)18-32-25-13-11-22(28)16-26(25)33-23-7-5-4-6-8-23/h4-9,11-13,15-16,19H,3,10,14,17-18H2,1-2H3,(H,29,30). The summed E-state index contributed by atoms with van der Waals surface area (Å²) in [5.74, 6) is 2.00. The van der Waals surface area contributed by atoms with E-state index in [9.17, 15) is 4.79 Å². The molecule has 0 aromatic heterocycles. The molecule has 0 bridgehead atoms. The number of rotatable bonds is 12. The van der Waals surface area contributed by atoms with Gasteiger partial charge in [0.15, 0.2) is 11.5 Å². The Bertz CT molecular complexity index is 1050. The molecule has 3 aromatic rings. The lowest BCUT2D eigenvalue weighted by Gasteiger charge is -2.17. The van der Waals surface area contributed by atoms with Gasteiger partial charge in [0.05, 0.1) is 13.2 Å². The predicted octanol–water partition coefficient (Wildman–Crippen LogP) is 6.81. The van der Waals surface area contributed by atoms with E-state index in [2.05, 4.69) is 13.8 Å². The number of carboxylic acid groups (broad SMARTS) is 1. The Balaban J connectivity index is 1.55. The normalized spacial score (nSPS) is 11.6. The Morgan fingerprint density at radius 2 is 1.67 bits per heavy atom. The maximum Gasteiger partial charge on any atom is 0.303 e. The molecule has 0 fully saturated rings. The number of carbonyl (C=O) groups is 1. The van der Waals surface area contributed by atoms with E-state index in [1.54, 1.807) is 18.2 Å². The Morgan fingerprint density at radius 3 is 2.39 bits per heavy atom. The van der Waals surface area contributed by atoms with Crippen molar-refractivity contribution in [2.75, 3.05) is 13.2 Å². The van der Waals surface area contributed by atoms with Gasteiger partial charge in [0.25, 0.3) is 0 Å². The predicted molar refractivity (Wildman–Crippen MR) is 130 cm³/mol. The summed E-state index contributed by atoms with van der Waals surface area (Å²) in [7, 11) is 0. The molecule has 0 saturated carbocycles. The van der Waals surface area contributed by atoms with Gasteiger partial charge >= 0.3 is 5.97 Å². The fourth-order valence-corrected chi connectivity index (χ4v) is 3.48. The molecule has 3 aromatic carbocycles. The highest BCUT2D eigenvalue weighted by Crippen LogP contribution is 2.34. The van der Waals surface area contributed by atoms with E-state index in [1.807, 2.05) is 48.5 Å². The summed E-state index contributed by atoms with van der Waals surface area (Å²) < 4.78 is 17.9. The quantitative estimate of drug-likeness (QED) is 0.316. The third kappa shape index (κ3) is 7.72. The number of benzene rings is 3. The van der Waals surface area contributed by atoms with Crippen molar-refractivity contribution in [3.63, 3.8) is 0 Å². The van der Waals surface area contributed by atoms with Gasteiger partial charge in [-0.15, -0.1) is 0 Å². The number of hydrogen-bond acceptors (Lipinski definition) is 4. The van der Waals surface area contributed by atoms with Crippen LogP contribution < -0.4 is 14.2 Å². The average molecular weight is 469 g/mol. The summed E-state index contributed by atoms with van der Waals surface area (Å²) in [6, 6.07) is 20.7. The van der Waals surface area contributed by atoms with Crippen LogP contribution in [0.25, 0.3) is 0 Å². The van der Waals surface area contributed by atoms with Crippen LogP contribution in [0.4, 0.5) is 0 Å². The number of carboxylic acids is 1. The van der Waals surface area contributed by atoms with Crippen LogP contribution in [0.1, 0.15) is 31.4 Å². The third-order valence-corrected chi connectivity index (χ3v) is 5.34. The lowest BCUT2D eigenvalue weighted by atomic mass is 10.0. The number of hydrogen-bond donors (Lipinski definition) is 1. The molecule has 174 valence electrons. The van der Waals surface area contributed by atoms with Gasteiger partial charge in [0, 0.05) is 23.4 Å². The maximum atomic E-state index is 10.9. The van der Waals surface area contributed by atoms with Gasteiger partial charge in [0.2, 0.25) is 0 Å². The molecular weight excluding hydrogens is 440 g/mol. The largest absolute Gasteiger partial charge is 0.493 e. The fourth-order valence-electron chi connectivity index (χ4n) is 3.32. The first kappa shape index (κ1) is 24.5. The number of aliphatic carboxylic acids is 1. The Hall–Kier alpha value is -3.18. The van der Waals surface area contributed by atoms with Crippen LogP contribution in [-0.2, 0) is 17.6 Å². The molecule has 1 atom stereocenters. The van der Waals surface area contributed by atoms with Gasteiger partial charge in [-0.3, -0.25) is 4.79 Å². The van der Waals surface area contributed by atoms with Crippen LogP contribution in [0.15, 0.2) is 66.7 Å². The van der Waals surface area contributed by atoms with Gasteiger partial charge in [-0.25, -0.2) is 0 Å². The Kier molecular flexibility index (Phi) is 9.02. The lowest BCUT2D eigenvalue weighted by molar-refractivity contribution is -0.136. The second-order valence-corrected chi connectivity index (χ2v) is 8.35. The molecule has 0 aliphatic heterocycles. The second-order valence-electron chi connectivity index (χ2n) is 7.91. The molecule has 0 saturated heterocycles. The average Bonchev–Trinajstić information content (AvgIpc) is 2.81. The Labute approximate surface area is 199 Å². The Morgan fingerprint density at radius 1 is 0.909 bits per heavy atom. The van der Waals surface area contributed by atoms with E-state index in [0.29, 0.717) is 41.9 Å². The minimum absolute atomic E-state index is 0.127. The summed E-state index contributed by atoms with van der Waals surface area (Å²) in [4.78, 5) is 10.9. The second kappa shape index (κ2) is 12.2. The zero-order chi connectivity index (χ0) is 23.6. The highest BCUT2D eigenvalue weighted by atomic mass is 35.5. The van der Waals surface area contributed by atoms with Crippen LogP contribution >= 0.6 is 11.6 Å². The van der Waals surface area contributed by atoms with Crippen LogP contribution in [0.5, 0.6) is 23.0 Å². The van der Waals surface area contributed by atoms with E-state index in [1.165, 1.54) is 0 Å². The lowest BCUT2D eigenvalue weighted by Crippen LogP contribution is -2.17. The van der Waals surface area contributed by atoms with Crippen molar-refractivity contribution in [2.45, 2.75) is 33.1 Å². The first-order valence-electron chi connectivity index (χ1n) is 11.1. The zero-order valence-electron chi connectivity index (χ0n) is 18.9. The van der Waals surface area contributed by atoms with E-state index in [0.717, 1.165) is 23.3 Å². The number of aryl methyl sites for hydroxylation is 2. The highest BCUT2D eigenvalue weighted by molar-refractivity contribution is 6.30. The molecule has 33 heavy (non-hydrogen) atoms. The summed E-state index contributed by atoms with van der Waals surface area (Å²) in [6.07, 6.45) is 1.48. The van der Waals surface area contributed by atoms with Crippen molar-refractivity contribution in [1.29, 1.82) is 0 Å². The van der Waals surface area contributed by atoms with Crippen molar-refractivity contribution in [3.8, 4) is 23.0 Å². The van der Waals surface area contributed by atoms with Crippen molar-refractivity contribution < 1.29 is 24.1 Å². The van der Waals surface area contributed by atoms with E-state index >= 15 is 0 Å². The van der Waals surface area contributed by atoms with Crippen LogP contribution in [0, 0.1) is 5.92 Å². The molecule has 0 aliphatic rings. The minimum atomic E-state index is -0.788. The molecule has 0 spiro atoms. The van der Waals surface area contributed by atoms with Crippen LogP contribution in [0.3, 0.4) is 0 Å².